The normalized spacial score (nSPS) is 33.9. The first-order chi connectivity index (χ1) is 10.9. The van der Waals surface area contributed by atoms with E-state index in [1.54, 1.807) is 13.0 Å². The predicted molar refractivity (Wildman–Crippen MR) is 88.2 cm³/mol. The minimum absolute atomic E-state index is 0.0125. The zero-order valence-corrected chi connectivity index (χ0v) is 14.1. The molecule has 2 fully saturated rings. The van der Waals surface area contributed by atoms with Gasteiger partial charge in [-0.1, -0.05) is 19.8 Å². The molecule has 3 unspecified atom stereocenters. The van der Waals surface area contributed by atoms with Gasteiger partial charge in [-0.15, -0.1) is 0 Å². The molecule has 5 nitrogen and oxygen atoms in total. The summed E-state index contributed by atoms with van der Waals surface area (Å²) in [6, 6.07) is 0. The number of nitrogens with zero attached hydrogens (tertiary/aromatic N) is 1. The maximum Gasteiger partial charge on any atom is 0.249 e. The summed E-state index contributed by atoms with van der Waals surface area (Å²) in [5.74, 6) is 1.40. The fraction of sp³-hybridized carbons (Fsp3) is 0.722. The highest BCUT2D eigenvalue weighted by Crippen LogP contribution is 2.45. The van der Waals surface area contributed by atoms with E-state index in [1.165, 1.54) is 19.3 Å². The third kappa shape index (κ3) is 3.33. The van der Waals surface area contributed by atoms with Crippen molar-refractivity contribution in [3.05, 3.63) is 33.0 Å². The van der Waals surface area contributed by atoms with E-state index in [-0.39, 0.29) is 22.1 Å². The lowest BCUT2D eigenvalue weighted by Gasteiger charge is -2.48. The van der Waals surface area contributed by atoms with Crippen molar-refractivity contribution in [2.75, 3.05) is 0 Å². The van der Waals surface area contributed by atoms with Crippen LogP contribution in [0, 0.1) is 22.0 Å². The lowest BCUT2D eigenvalue weighted by Crippen LogP contribution is -2.55. The van der Waals surface area contributed by atoms with Gasteiger partial charge >= 0.3 is 0 Å². The molecule has 5 heteroatoms. The molecule has 0 saturated heterocycles. The van der Waals surface area contributed by atoms with Crippen molar-refractivity contribution in [1.29, 1.82) is 0 Å². The van der Waals surface area contributed by atoms with Crippen LogP contribution >= 0.6 is 0 Å². The van der Waals surface area contributed by atoms with Crippen LogP contribution in [0.5, 0.6) is 0 Å². The Labute approximate surface area is 137 Å². The Morgan fingerprint density at radius 1 is 1.39 bits per heavy atom. The van der Waals surface area contributed by atoms with Gasteiger partial charge in [-0.2, -0.15) is 0 Å². The summed E-state index contributed by atoms with van der Waals surface area (Å²) in [5, 5.41) is 14.3. The van der Waals surface area contributed by atoms with Crippen molar-refractivity contribution < 1.29 is 9.72 Å². The number of nitro groups is 1. The molecular formula is C18H26N2O3. The number of amides is 1. The van der Waals surface area contributed by atoms with E-state index >= 15 is 0 Å². The fourth-order valence-corrected chi connectivity index (χ4v) is 4.96. The average Bonchev–Trinajstić information content (AvgIpc) is 2.45. The second kappa shape index (κ2) is 6.10. The first-order valence-corrected chi connectivity index (χ1v) is 8.76. The quantitative estimate of drug-likeness (QED) is 0.636. The Balaban J connectivity index is 1.74. The van der Waals surface area contributed by atoms with Gasteiger partial charge in [0, 0.05) is 23.1 Å². The van der Waals surface area contributed by atoms with E-state index < -0.39 is 0 Å². The monoisotopic (exact) mass is 318 g/mol. The van der Waals surface area contributed by atoms with E-state index in [2.05, 4.69) is 12.2 Å². The van der Waals surface area contributed by atoms with E-state index in [4.69, 9.17) is 0 Å². The summed E-state index contributed by atoms with van der Waals surface area (Å²) in [6.45, 7) is 4.01. The Morgan fingerprint density at radius 2 is 2.17 bits per heavy atom. The summed E-state index contributed by atoms with van der Waals surface area (Å²) in [4.78, 5) is 23.3. The van der Waals surface area contributed by atoms with Crippen molar-refractivity contribution >= 4 is 5.91 Å². The minimum atomic E-state index is -0.326. The van der Waals surface area contributed by atoms with E-state index in [0.29, 0.717) is 29.9 Å². The van der Waals surface area contributed by atoms with E-state index in [0.717, 1.165) is 25.2 Å². The third-order valence-electron chi connectivity index (χ3n) is 5.79. The van der Waals surface area contributed by atoms with Crippen molar-refractivity contribution in [3.63, 3.8) is 0 Å². The van der Waals surface area contributed by atoms with Gasteiger partial charge in [0.2, 0.25) is 11.6 Å². The largest absolute Gasteiger partial charge is 0.347 e. The molecule has 3 aliphatic rings. The van der Waals surface area contributed by atoms with Crippen molar-refractivity contribution in [2.45, 2.75) is 70.8 Å². The van der Waals surface area contributed by atoms with Crippen molar-refractivity contribution in [1.82, 2.24) is 5.32 Å². The SMILES string of the molecule is CC1=C([N+](=O)[O-])CCC(C(=O)NC23CCCC(CC(C)C2)C3)=C1. The Hall–Kier alpha value is -1.65. The van der Waals surface area contributed by atoms with Crippen LogP contribution in [-0.2, 0) is 4.79 Å². The lowest BCUT2D eigenvalue weighted by molar-refractivity contribution is -0.429. The molecule has 3 aliphatic carbocycles. The molecule has 0 aromatic heterocycles. The lowest BCUT2D eigenvalue weighted by atomic mass is 9.64. The Kier molecular flexibility index (Phi) is 4.30. The fourth-order valence-electron chi connectivity index (χ4n) is 4.96. The second-order valence-electron chi connectivity index (χ2n) is 7.80. The first-order valence-electron chi connectivity index (χ1n) is 8.76. The van der Waals surface area contributed by atoms with Gasteiger partial charge in [-0.3, -0.25) is 14.9 Å². The van der Waals surface area contributed by atoms with Crippen molar-refractivity contribution in [3.8, 4) is 0 Å². The number of allylic oxidation sites excluding steroid dienone is 3. The number of fused-ring (bicyclic) bond motifs is 2. The Bertz CT molecular complexity index is 589. The summed E-state index contributed by atoms with van der Waals surface area (Å²) in [7, 11) is 0. The number of rotatable bonds is 3. The summed E-state index contributed by atoms with van der Waals surface area (Å²) in [5.41, 5.74) is 1.51. The minimum Gasteiger partial charge on any atom is -0.347 e. The molecule has 3 atom stereocenters. The highest BCUT2D eigenvalue weighted by molar-refractivity contribution is 5.94. The van der Waals surface area contributed by atoms with Crippen LogP contribution in [0.25, 0.3) is 0 Å². The molecule has 0 heterocycles. The van der Waals surface area contributed by atoms with Gasteiger partial charge < -0.3 is 5.32 Å². The van der Waals surface area contributed by atoms with Crippen molar-refractivity contribution in [2.24, 2.45) is 11.8 Å². The standard InChI is InChI=1S/C18H26N2O3/c1-12-8-14-4-3-7-18(10-12,11-14)19-17(21)15-5-6-16(20(22)23)13(2)9-15/h9,12,14H,3-8,10-11H2,1-2H3,(H,19,21). The molecule has 0 radical (unpaired) electrons. The molecule has 126 valence electrons. The van der Waals surface area contributed by atoms with Crippen LogP contribution in [0.1, 0.15) is 65.2 Å². The maximum atomic E-state index is 12.7. The van der Waals surface area contributed by atoms with Crippen LogP contribution in [0.3, 0.4) is 0 Å². The van der Waals surface area contributed by atoms with Gasteiger partial charge in [0.15, 0.2) is 0 Å². The molecule has 0 aromatic carbocycles. The maximum absolute atomic E-state index is 12.7. The zero-order valence-electron chi connectivity index (χ0n) is 14.1. The molecule has 0 aliphatic heterocycles. The molecular weight excluding hydrogens is 292 g/mol. The van der Waals surface area contributed by atoms with Crippen LogP contribution < -0.4 is 5.32 Å². The first kappa shape index (κ1) is 16.2. The summed E-state index contributed by atoms with van der Waals surface area (Å²) in [6.07, 6.45) is 9.54. The second-order valence-corrected chi connectivity index (χ2v) is 7.80. The van der Waals surface area contributed by atoms with Crippen LogP contribution in [0.4, 0.5) is 0 Å². The van der Waals surface area contributed by atoms with Crippen LogP contribution in [-0.4, -0.2) is 16.4 Å². The van der Waals surface area contributed by atoms with Gasteiger partial charge in [-0.05, 0) is 56.9 Å². The Morgan fingerprint density at radius 3 is 2.87 bits per heavy atom. The zero-order chi connectivity index (χ0) is 16.6. The van der Waals surface area contributed by atoms with Crippen LogP contribution in [0.15, 0.2) is 22.9 Å². The number of hydrogen-bond acceptors (Lipinski definition) is 3. The predicted octanol–water partition coefficient (Wildman–Crippen LogP) is 3.73. The molecule has 2 saturated carbocycles. The van der Waals surface area contributed by atoms with Gasteiger partial charge in [0.25, 0.3) is 0 Å². The molecule has 23 heavy (non-hydrogen) atoms. The summed E-state index contributed by atoms with van der Waals surface area (Å²) < 4.78 is 0. The molecule has 3 rings (SSSR count). The summed E-state index contributed by atoms with van der Waals surface area (Å²) >= 11 is 0. The number of nitrogens with one attached hydrogen (secondary N) is 1. The molecule has 1 amide bonds. The van der Waals surface area contributed by atoms with Gasteiger partial charge in [0.1, 0.15) is 0 Å². The van der Waals surface area contributed by atoms with Gasteiger partial charge in [-0.25, -0.2) is 0 Å². The molecule has 0 spiro atoms. The highest BCUT2D eigenvalue weighted by atomic mass is 16.6. The smallest absolute Gasteiger partial charge is 0.249 e. The van der Waals surface area contributed by atoms with E-state index in [1.807, 2.05) is 0 Å². The molecule has 2 bridgehead atoms. The third-order valence-corrected chi connectivity index (χ3v) is 5.79. The number of hydrogen-bond donors (Lipinski definition) is 1. The number of carbonyl (C=O) groups excluding carboxylic acids is 1. The van der Waals surface area contributed by atoms with Gasteiger partial charge in [0.05, 0.1) is 4.92 Å². The highest BCUT2D eigenvalue weighted by Gasteiger charge is 2.43. The number of carbonyl (C=O) groups is 1. The average molecular weight is 318 g/mol. The topological polar surface area (TPSA) is 72.2 Å². The van der Waals surface area contributed by atoms with E-state index in [9.17, 15) is 14.9 Å². The van der Waals surface area contributed by atoms with Crippen LogP contribution in [0.2, 0.25) is 0 Å². The molecule has 0 aromatic rings. The molecule has 1 N–H and O–H groups in total.